The molecule has 0 saturated heterocycles. The molecule has 5 N–H and O–H groups in total. The van der Waals surface area contributed by atoms with Crippen molar-refractivity contribution in [2.75, 3.05) is 18.9 Å². The van der Waals surface area contributed by atoms with Gasteiger partial charge in [-0.2, -0.15) is 0 Å². The van der Waals surface area contributed by atoms with Gasteiger partial charge in [0.25, 0.3) is 0 Å². The van der Waals surface area contributed by atoms with Gasteiger partial charge in [-0.3, -0.25) is 0 Å². The fourth-order valence-corrected chi connectivity index (χ4v) is 3.43. The fourth-order valence-electron chi connectivity index (χ4n) is 3.43. The average molecular weight is 386 g/mol. The molecule has 0 amide bonds. The predicted octanol–water partition coefficient (Wildman–Crippen LogP) is 4.97. The minimum absolute atomic E-state index is 0.485. The number of benzene rings is 3. The molecule has 3 rings (SSSR count). The van der Waals surface area contributed by atoms with E-state index in [0.29, 0.717) is 24.4 Å². The maximum atomic E-state index is 7.69. The first-order valence-corrected chi connectivity index (χ1v) is 9.80. The lowest BCUT2D eigenvalue weighted by molar-refractivity contribution is 0.328. The summed E-state index contributed by atoms with van der Waals surface area (Å²) in [6.07, 6.45) is 2.17. The molecule has 0 saturated carbocycles. The molecule has 0 fully saturated rings. The lowest BCUT2D eigenvalue weighted by Crippen LogP contribution is -2.10. The van der Waals surface area contributed by atoms with Gasteiger partial charge in [0.05, 0.1) is 0 Å². The Kier molecular flexibility index (Phi) is 6.82. The first-order valence-electron chi connectivity index (χ1n) is 9.80. The summed E-state index contributed by atoms with van der Waals surface area (Å²) < 4.78 is 5.63. The van der Waals surface area contributed by atoms with Crippen molar-refractivity contribution in [3.8, 4) is 5.75 Å². The van der Waals surface area contributed by atoms with Gasteiger partial charge in [-0.05, 0) is 58.5 Å². The van der Waals surface area contributed by atoms with Gasteiger partial charge in [0.2, 0.25) is 0 Å². The van der Waals surface area contributed by atoms with Crippen molar-refractivity contribution in [2.45, 2.75) is 13.3 Å². The minimum Gasteiger partial charge on any atom is -0.492 e. The second-order valence-electron chi connectivity index (χ2n) is 6.72. The molecule has 0 radical (unpaired) electrons. The molecule has 3 aromatic rings. The number of hydrogen-bond acceptors (Lipinski definition) is 4. The first kappa shape index (κ1) is 20.4. The van der Waals surface area contributed by atoms with E-state index >= 15 is 0 Å². The Morgan fingerprint density at radius 1 is 0.931 bits per heavy atom. The Bertz CT molecular complexity index is 992. The maximum Gasteiger partial charge on any atom is 0.119 e. The van der Waals surface area contributed by atoms with Crippen LogP contribution in [0.4, 0.5) is 5.69 Å². The molecule has 148 valence electrons. The highest BCUT2D eigenvalue weighted by atomic mass is 16.5. The zero-order chi connectivity index (χ0) is 20.6. The zero-order valence-electron chi connectivity index (χ0n) is 16.7. The van der Waals surface area contributed by atoms with Crippen LogP contribution in [0.15, 0.2) is 72.8 Å². The Hall–Kier alpha value is -3.37. The molecule has 0 heterocycles. The Morgan fingerprint density at radius 3 is 2.24 bits per heavy atom. The van der Waals surface area contributed by atoms with Crippen LogP contribution in [0.25, 0.3) is 11.1 Å². The summed E-state index contributed by atoms with van der Waals surface area (Å²) in [5, 5.41) is 7.69. The van der Waals surface area contributed by atoms with E-state index in [-0.39, 0.29) is 0 Å². The molecule has 4 nitrogen and oxygen atoms in total. The highest BCUT2D eigenvalue weighted by molar-refractivity contribution is 6.00. The van der Waals surface area contributed by atoms with Crippen LogP contribution in [0.5, 0.6) is 5.75 Å². The number of nitrogen functional groups attached to an aromatic ring is 1. The molecule has 0 unspecified atom stereocenters. The third kappa shape index (κ3) is 4.73. The van der Waals surface area contributed by atoms with E-state index in [4.69, 9.17) is 21.6 Å². The lowest BCUT2D eigenvalue weighted by Gasteiger charge is -2.17. The van der Waals surface area contributed by atoms with Crippen LogP contribution in [0, 0.1) is 5.41 Å². The van der Waals surface area contributed by atoms with Gasteiger partial charge in [-0.25, -0.2) is 0 Å². The van der Waals surface area contributed by atoms with Gasteiger partial charge < -0.3 is 21.6 Å². The van der Waals surface area contributed by atoms with Crippen LogP contribution in [0.1, 0.15) is 35.6 Å². The van der Waals surface area contributed by atoms with Crippen LogP contribution in [0.2, 0.25) is 0 Å². The molecule has 29 heavy (non-hydrogen) atoms. The number of nitrogens with one attached hydrogen (secondary N) is 1. The van der Waals surface area contributed by atoms with Crippen LogP contribution in [0.3, 0.4) is 0 Å². The van der Waals surface area contributed by atoms with E-state index in [9.17, 15) is 0 Å². The number of anilines is 1. The minimum atomic E-state index is 0.485. The van der Waals surface area contributed by atoms with Crippen molar-refractivity contribution in [1.82, 2.24) is 0 Å². The standard InChI is InChI=1S/C25H27N3O/c1-2-23(18-6-4-3-5-7-18)25(20-10-13-24(28)21(16-20)17-27)19-8-11-22(12-9-19)29-15-14-26/h3-13,16-17,27H,2,14-15,26,28H2,1H3/b25-23+,27-17?. The third-order valence-electron chi connectivity index (χ3n) is 4.84. The molecule has 4 heteroatoms. The zero-order valence-corrected chi connectivity index (χ0v) is 16.7. The molecular weight excluding hydrogens is 358 g/mol. The van der Waals surface area contributed by atoms with Crippen LogP contribution in [-0.4, -0.2) is 19.4 Å². The van der Waals surface area contributed by atoms with Gasteiger partial charge >= 0.3 is 0 Å². The molecule has 0 spiro atoms. The summed E-state index contributed by atoms with van der Waals surface area (Å²) in [5.74, 6) is 0.800. The molecule has 0 atom stereocenters. The van der Waals surface area contributed by atoms with Gasteiger partial charge in [-0.15, -0.1) is 0 Å². The summed E-state index contributed by atoms with van der Waals surface area (Å²) in [7, 11) is 0. The van der Waals surface area contributed by atoms with Crippen molar-refractivity contribution in [3.63, 3.8) is 0 Å². The van der Waals surface area contributed by atoms with E-state index in [0.717, 1.165) is 28.9 Å². The van der Waals surface area contributed by atoms with Crippen LogP contribution in [-0.2, 0) is 0 Å². The average Bonchev–Trinajstić information content (AvgIpc) is 2.77. The van der Waals surface area contributed by atoms with Crippen molar-refractivity contribution in [1.29, 1.82) is 5.41 Å². The molecule has 0 aliphatic carbocycles. The number of hydrogen-bond donors (Lipinski definition) is 3. The SMILES string of the molecule is CC/C(=C(/c1ccc(OCCN)cc1)c1ccc(N)c(C=N)c1)c1ccccc1. The highest BCUT2D eigenvalue weighted by Gasteiger charge is 2.14. The molecule has 3 aromatic carbocycles. The molecule has 0 aliphatic heterocycles. The maximum absolute atomic E-state index is 7.69. The topological polar surface area (TPSA) is 85.1 Å². The van der Waals surface area contributed by atoms with Gasteiger partial charge in [0.15, 0.2) is 0 Å². The Morgan fingerprint density at radius 2 is 1.62 bits per heavy atom. The molecule has 0 aliphatic rings. The third-order valence-corrected chi connectivity index (χ3v) is 4.84. The number of allylic oxidation sites excluding steroid dienone is 1. The normalized spacial score (nSPS) is 11.7. The largest absolute Gasteiger partial charge is 0.492 e. The van der Waals surface area contributed by atoms with Crippen molar-refractivity contribution >= 4 is 23.0 Å². The second-order valence-corrected chi connectivity index (χ2v) is 6.72. The van der Waals surface area contributed by atoms with E-state index < -0.39 is 0 Å². The van der Waals surface area contributed by atoms with Gasteiger partial charge in [0.1, 0.15) is 12.4 Å². The molecule has 0 aromatic heterocycles. The Balaban J connectivity index is 2.19. The summed E-state index contributed by atoms with van der Waals surface area (Å²) in [6.45, 7) is 3.14. The first-order chi connectivity index (χ1) is 14.2. The van der Waals surface area contributed by atoms with Crippen molar-refractivity contribution in [3.05, 3.63) is 95.1 Å². The molecular formula is C25H27N3O. The summed E-state index contributed by atoms with van der Waals surface area (Å²) in [5.41, 5.74) is 18.6. The second kappa shape index (κ2) is 9.71. The number of nitrogens with two attached hydrogens (primary N) is 2. The lowest BCUT2D eigenvalue weighted by atomic mass is 9.87. The van der Waals surface area contributed by atoms with E-state index in [2.05, 4.69) is 43.3 Å². The fraction of sp³-hybridized carbons (Fsp3) is 0.160. The van der Waals surface area contributed by atoms with E-state index in [1.807, 2.05) is 36.4 Å². The summed E-state index contributed by atoms with van der Waals surface area (Å²) in [4.78, 5) is 0. The van der Waals surface area contributed by atoms with Crippen LogP contribution < -0.4 is 16.2 Å². The van der Waals surface area contributed by atoms with E-state index in [1.165, 1.54) is 17.4 Å². The summed E-state index contributed by atoms with van der Waals surface area (Å²) >= 11 is 0. The van der Waals surface area contributed by atoms with Crippen molar-refractivity contribution in [2.24, 2.45) is 5.73 Å². The highest BCUT2D eigenvalue weighted by Crippen LogP contribution is 2.35. The quantitative estimate of drug-likeness (QED) is 0.291. The van der Waals surface area contributed by atoms with E-state index in [1.54, 1.807) is 0 Å². The van der Waals surface area contributed by atoms with Gasteiger partial charge in [-0.1, -0.05) is 55.5 Å². The number of ether oxygens (including phenoxy) is 1. The van der Waals surface area contributed by atoms with Gasteiger partial charge in [0, 0.05) is 24.0 Å². The van der Waals surface area contributed by atoms with Crippen molar-refractivity contribution < 1.29 is 4.74 Å². The Labute approximate surface area is 172 Å². The summed E-state index contributed by atoms with van der Waals surface area (Å²) in [6, 6.07) is 24.3. The molecule has 0 bridgehead atoms. The van der Waals surface area contributed by atoms with Crippen LogP contribution >= 0.6 is 0 Å². The smallest absolute Gasteiger partial charge is 0.119 e. The predicted molar refractivity (Wildman–Crippen MR) is 122 cm³/mol. The number of rotatable bonds is 8. The monoisotopic (exact) mass is 385 g/mol.